The predicted octanol–water partition coefficient (Wildman–Crippen LogP) is 4.42. The largest absolute Gasteiger partial charge is 0.280 e. The molecule has 0 aliphatic carbocycles. The molecular weight excluding hydrogens is 444 g/mol. The Balaban J connectivity index is 1.83. The van der Waals surface area contributed by atoms with Gasteiger partial charge in [0.1, 0.15) is 0 Å². The Labute approximate surface area is 184 Å². The molecule has 0 spiro atoms. The highest BCUT2D eigenvalue weighted by molar-refractivity contribution is 7.92. The summed E-state index contributed by atoms with van der Waals surface area (Å²) in [6, 6.07) is 8.96. The Hall–Kier alpha value is -1.61. The molecule has 6 nitrogen and oxygen atoms in total. The van der Waals surface area contributed by atoms with E-state index in [-0.39, 0.29) is 9.79 Å². The number of piperidine rings is 1. The SMILES string of the molecule is Cc1cc(S(=O)(=O)Nc2ccc(S(=O)(=O)N3C[C@H](C)C[C@@H](C)C3)cc2)c(C)cc1Cl. The third kappa shape index (κ3) is 4.82. The van der Waals surface area contributed by atoms with Crippen LogP contribution >= 0.6 is 11.6 Å². The minimum absolute atomic E-state index is 0.136. The Morgan fingerprint density at radius 1 is 0.933 bits per heavy atom. The van der Waals surface area contributed by atoms with E-state index in [1.165, 1.54) is 34.6 Å². The van der Waals surface area contributed by atoms with Crippen molar-refractivity contribution in [1.82, 2.24) is 4.31 Å². The summed E-state index contributed by atoms with van der Waals surface area (Å²) in [5, 5.41) is 0.502. The van der Waals surface area contributed by atoms with Crippen molar-refractivity contribution in [3.05, 3.63) is 52.5 Å². The van der Waals surface area contributed by atoms with Crippen molar-refractivity contribution in [2.45, 2.75) is 43.9 Å². The number of rotatable bonds is 5. The summed E-state index contributed by atoms with van der Waals surface area (Å²) in [5.41, 5.74) is 1.49. The summed E-state index contributed by atoms with van der Waals surface area (Å²) >= 11 is 6.06. The zero-order chi connectivity index (χ0) is 22.3. The van der Waals surface area contributed by atoms with Crippen molar-refractivity contribution in [1.29, 1.82) is 0 Å². The van der Waals surface area contributed by atoms with E-state index in [1.807, 2.05) is 0 Å². The minimum atomic E-state index is -3.84. The van der Waals surface area contributed by atoms with Gasteiger partial charge in [0.05, 0.1) is 9.79 Å². The van der Waals surface area contributed by atoms with Gasteiger partial charge in [-0.15, -0.1) is 0 Å². The molecule has 0 unspecified atom stereocenters. The molecule has 1 heterocycles. The molecule has 164 valence electrons. The molecule has 0 bridgehead atoms. The van der Waals surface area contributed by atoms with Crippen LogP contribution in [0.5, 0.6) is 0 Å². The zero-order valence-corrected chi connectivity index (χ0v) is 19.9. The number of sulfonamides is 2. The van der Waals surface area contributed by atoms with Crippen molar-refractivity contribution >= 4 is 37.3 Å². The molecule has 0 aromatic heterocycles. The van der Waals surface area contributed by atoms with Gasteiger partial charge in [-0.1, -0.05) is 25.4 Å². The second-order valence-electron chi connectivity index (χ2n) is 8.26. The average molecular weight is 471 g/mol. The molecule has 0 saturated carbocycles. The lowest BCUT2D eigenvalue weighted by Gasteiger charge is -2.34. The van der Waals surface area contributed by atoms with Crippen LogP contribution in [0.1, 0.15) is 31.4 Å². The van der Waals surface area contributed by atoms with Gasteiger partial charge >= 0.3 is 0 Å². The fourth-order valence-corrected chi connectivity index (χ4v) is 7.17. The van der Waals surface area contributed by atoms with Crippen molar-refractivity contribution in [3.8, 4) is 0 Å². The number of anilines is 1. The van der Waals surface area contributed by atoms with Gasteiger partial charge in [-0.3, -0.25) is 4.72 Å². The van der Waals surface area contributed by atoms with Gasteiger partial charge in [0.15, 0.2) is 0 Å². The maximum atomic E-state index is 13.0. The monoisotopic (exact) mass is 470 g/mol. The second kappa shape index (κ2) is 8.49. The minimum Gasteiger partial charge on any atom is -0.280 e. The van der Waals surface area contributed by atoms with Crippen LogP contribution < -0.4 is 4.72 Å². The van der Waals surface area contributed by atoms with Crippen LogP contribution in [0.25, 0.3) is 0 Å². The summed E-state index contributed by atoms with van der Waals surface area (Å²) < 4.78 is 55.6. The van der Waals surface area contributed by atoms with Crippen LogP contribution in [-0.4, -0.2) is 34.2 Å². The lowest BCUT2D eigenvalue weighted by molar-refractivity contribution is 0.222. The normalized spacial score (nSPS) is 20.8. The molecular formula is C21H27ClN2O4S2. The Morgan fingerprint density at radius 2 is 1.50 bits per heavy atom. The maximum Gasteiger partial charge on any atom is 0.262 e. The van der Waals surface area contributed by atoms with E-state index in [9.17, 15) is 16.8 Å². The molecule has 2 aromatic rings. The van der Waals surface area contributed by atoms with E-state index in [0.29, 0.717) is 46.8 Å². The van der Waals surface area contributed by atoms with E-state index in [2.05, 4.69) is 18.6 Å². The standard InChI is InChI=1S/C21H27ClN2O4S2/c1-14-9-15(2)13-24(12-14)30(27,28)19-7-5-18(6-8-19)23-29(25,26)21-11-16(3)20(22)10-17(21)4/h5-8,10-11,14-15,23H,9,12-13H2,1-4H3/t14-,15-/m1/s1. The molecule has 0 amide bonds. The molecule has 30 heavy (non-hydrogen) atoms. The smallest absolute Gasteiger partial charge is 0.262 e. The average Bonchev–Trinajstić information content (AvgIpc) is 2.64. The van der Waals surface area contributed by atoms with E-state index < -0.39 is 20.0 Å². The molecule has 9 heteroatoms. The van der Waals surface area contributed by atoms with Crippen molar-refractivity contribution < 1.29 is 16.8 Å². The number of hydrogen-bond donors (Lipinski definition) is 1. The van der Waals surface area contributed by atoms with Crippen molar-refractivity contribution in [3.63, 3.8) is 0 Å². The summed E-state index contributed by atoms with van der Waals surface area (Å²) in [6.07, 6.45) is 1.01. The number of nitrogens with one attached hydrogen (secondary N) is 1. The Bertz CT molecular complexity index is 1140. The van der Waals surface area contributed by atoms with E-state index in [4.69, 9.17) is 11.6 Å². The number of nitrogens with zero attached hydrogens (tertiary/aromatic N) is 1. The Morgan fingerprint density at radius 3 is 2.07 bits per heavy atom. The first kappa shape index (κ1) is 23.1. The summed E-state index contributed by atoms with van der Waals surface area (Å²) in [4.78, 5) is 0.294. The number of hydrogen-bond acceptors (Lipinski definition) is 4. The first-order valence-corrected chi connectivity index (χ1v) is 13.1. The fourth-order valence-electron chi connectivity index (χ4n) is 3.90. The quantitative estimate of drug-likeness (QED) is 0.700. The highest BCUT2D eigenvalue weighted by atomic mass is 35.5. The fraction of sp³-hybridized carbons (Fsp3) is 0.429. The highest BCUT2D eigenvalue weighted by Crippen LogP contribution is 2.29. The molecule has 2 aromatic carbocycles. The Kier molecular flexibility index (Phi) is 6.53. The van der Waals surface area contributed by atoms with Gasteiger partial charge in [-0.25, -0.2) is 16.8 Å². The molecule has 1 aliphatic heterocycles. The summed E-state index contributed by atoms with van der Waals surface area (Å²) in [6.45, 7) is 8.51. The van der Waals surface area contributed by atoms with Gasteiger partial charge in [0.25, 0.3) is 10.0 Å². The van der Waals surface area contributed by atoms with Crippen LogP contribution in [0.2, 0.25) is 5.02 Å². The molecule has 0 radical (unpaired) electrons. The van der Waals surface area contributed by atoms with Gasteiger partial charge in [-0.05, 0) is 79.6 Å². The van der Waals surface area contributed by atoms with Gasteiger partial charge < -0.3 is 0 Å². The van der Waals surface area contributed by atoms with Gasteiger partial charge in [-0.2, -0.15) is 4.31 Å². The molecule has 1 fully saturated rings. The lowest BCUT2D eigenvalue weighted by atomic mass is 9.94. The van der Waals surface area contributed by atoms with Crippen molar-refractivity contribution in [2.75, 3.05) is 17.8 Å². The first-order valence-electron chi connectivity index (χ1n) is 9.80. The van der Waals surface area contributed by atoms with E-state index >= 15 is 0 Å². The molecule has 1 aliphatic rings. The van der Waals surface area contributed by atoms with Gasteiger partial charge in [0, 0.05) is 23.8 Å². The summed E-state index contributed by atoms with van der Waals surface area (Å²) in [5.74, 6) is 0.612. The predicted molar refractivity (Wildman–Crippen MR) is 120 cm³/mol. The molecule has 3 rings (SSSR count). The lowest BCUT2D eigenvalue weighted by Crippen LogP contribution is -2.42. The first-order chi connectivity index (χ1) is 13.9. The summed E-state index contributed by atoms with van der Waals surface area (Å²) in [7, 11) is -7.45. The van der Waals surface area contributed by atoms with Crippen molar-refractivity contribution in [2.24, 2.45) is 11.8 Å². The third-order valence-electron chi connectivity index (χ3n) is 5.33. The van der Waals surface area contributed by atoms with Gasteiger partial charge in [0.2, 0.25) is 10.0 Å². The highest BCUT2D eigenvalue weighted by Gasteiger charge is 2.31. The van der Waals surface area contributed by atoms with E-state index in [0.717, 1.165) is 6.42 Å². The van der Waals surface area contributed by atoms with Crippen LogP contribution in [0.3, 0.4) is 0 Å². The molecule has 1 N–H and O–H groups in total. The third-order valence-corrected chi connectivity index (χ3v) is 9.10. The zero-order valence-electron chi connectivity index (χ0n) is 17.5. The number of benzene rings is 2. The van der Waals surface area contributed by atoms with E-state index in [1.54, 1.807) is 19.9 Å². The molecule has 1 saturated heterocycles. The van der Waals surface area contributed by atoms with Crippen LogP contribution in [0.4, 0.5) is 5.69 Å². The van der Waals surface area contributed by atoms with Crippen LogP contribution in [0, 0.1) is 25.7 Å². The topological polar surface area (TPSA) is 83.5 Å². The molecule has 2 atom stereocenters. The number of halogens is 1. The van der Waals surface area contributed by atoms with Crippen LogP contribution in [-0.2, 0) is 20.0 Å². The van der Waals surface area contributed by atoms with Crippen LogP contribution in [0.15, 0.2) is 46.2 Å². The second-order valence-corrected chi connectivity index (χ2v) is 12.3. The maximum absolute atomic E-state index is 13.0. The number of aryl methyl sites for hydroxylation is 2.